The number of hydrogen-bond donors (Lipinski definition) is 1. The van der Waals surface area contributed by atoms with Gasteiger partial charge in [-0.25, -0.2) is 13.2 Å². The monoisotopic (exact) mass is 286 g/mol. The quantitative estimate of drug-likeness (QED) is 0.858. The average Bonchev–Trinajstić information content (AvgIpc) is 2.42. The molecule has 5 heteroatoms. The molecule has 1 N–H and O–H groups in total. The standard InChI is InChI=1S/C15H21F3N2/c1-4-11-7-19-13(9(2)3)8-20(11)14-6-10(16)5-12(17)15(14)18/h5-6,9,11,13,19H,4,7-8H2,1-3H3. The highest BCUT2D eigenvalue weighted by atomic mass is 19.2. The fourth-order valence-corrected chi connectivity index (χ4v) is 2.68. The van der Waals surface area contributed by atoms with E-state index in [0.717, 1.165) is 12.5 Å². The minimum atomic E-state index is -1.13. The van der Waals surface area contributed by atoms with E-state index < -0.39 is 17.5 Å². The number of rotatable bonds is 3. The first-order valence-corrected chi connectivity index (χ1v) is 7.08. The Morgan fingerprint density at radius 1 is 1.30 bits per heavy atom. The molecule has 2 atom stereocenters. The Kier molecular flexibility index (Phi) is 4.58. The van der Waals surface area contributed by atoms with E-state index in [0.29, 0.717) is 25.1 Å². The first-order valence-electron chi connectivity index (χ1n) is 7.08. The fourth-order valence-electron chi connectivity index (χ4n) is 2.68. The molecule has 1 aromatic carbocycles. The van der Waals surface area contributed by atoms with Gasteiger partial charge in [-0.1, -0.05) is 20.8 Å². The highest BCUT2D eigenvalue weighted by Gasteiger charge is 2.31. The highest BCUT2D eigenvalue weighted by molar-refractivity contribution is 5.50. The Balaban J connectivity index is 2.36. The summed E-state index contributed by atoms with van der Waals surface area (Å²) in [5, 5.41) is 3.42. The lowest BCUT2D eigenvalue weighted by Gasteiger charge is -2.43. The second-order valence-corrected chi connectivity index (χ2v) is 5.69. The molecule has 20 heavy (non-hydrogen) atoms. The lowest BCUT2D eigenvalue weighted by molar-refractivity contribution is 0.322. The van der Waals surface area contributed by atoms with Crippen molar-refractivity contribution in [3.63, 3.8) is 0 Å². The van der Waals surface area contributed by atoms with Gasteiger partial charge < -0.3 is 10.2 Å². The Morgan fingerprint density at radius 2 is 2.00 bits per heavy atom. The molecule has 1 aromatic rings. The molecule has 1 heterocycles. The van der Waals surface area contributed by atoms with Gasteiger partial charge in [0.25, 0.3) is 0 Å². The first-order chi connectivity index (χ1) is 9.43. The second kappa shape index (κ2) is 6.04. The lowest BCUT2D eigenvalue weighted by Crippen LogP contribution is -2.58. The third kappa shape index (κ3) is 2.92. The molecule has 0 radical (unpaired) electrons. The van der Waals surface area contributed by atoms with E-state index in [1.165, 1.54) is 0 Å². The predicted molar refractivity (Wildman–Crippen MR) is 74.4 cm³/mol. The number of benzene rings is 1. The van der Waals surface area contributed by atoms with Crippen LogP contribution >= 0.6 is 0 Å². The summed E-state index contributed by atoms with van der Waals surface area (Å²) in [7, 11) is 0. The van der Waals surface area contributed by atoms with Crippen LogP contribution < -0.4 is 10.2 Å². The van der Waals surface area contributed by atoms with Gasteiger partial charge in [0, 0.05) is 37.3 Å². The van der Waals surface area contributed by atoms with Crippen molar-refractivity contribution in [1.82, 2.24) is 5.32 Å². The molecule has 0 bridgehead atoms. The zero-order valence-electron chi connectivity index (χ0n) is 12.1. The molecule has 2 nitrogen and oxygen atoms in total. The van der Waals surface area contributed by atoms with Crippen LogP contribution in [0.1, 0.15) is 27.2 Å². The van der Waals surface area contributed by atoms with Crippen molar-refractivity contribution >= 4 is 5.69 Å². The normalized spacial score (nSPS) is 23.4. The molecule has 1 fully saturated rings. The number of nitrogens with one attached hydrogen (secondary N) is 1. The van der Waals surface area contributed by atoms with Gasteiger partial charge in [-0.05, 0) is 12.3 Å². The van der Waals surface area contributed by atoms with Crippen LogP contribution in [-0.2, 0) is 0 Å². The minimum Gasteiger partial charge on any atom is -0.363 e. The Labute approximate surface area is 118 Å². The third-order valence-corrected chi connectivity index (χ3v) is 4.01. The van der Waals surface area contributed by atoms with Crippen LogP contribution in [0.2, 0.25) is 0 Å². The van der Waals surface area contributed by atoms with Gasteiger partial charge >= 0.3 is 0 Å². The largest absolute Gasteiger partial charge is 0.363 e. The zero-order chi connectivity index (χ0) is 14.9. The number of halogens is 3. The van der Waals surface area contributed by atoms with Crippen molar-refractivity contribution in [2.24, 2.45) is 5.92 Å². The molecule has 2 rings (SSSR count). The van der Waals surface area contributed by atoms with E-state index >= 15 is 0 Å². The topological polar surface area (TPSA) is 15.3 Å². The van der Waals surface area contributed by atoms with Gasteiger partial charge in [-0.3, -0.25) is 0 Å². The number of hydrogen-bond acceptors (Lipinski definition) is 2. The van der Waals surface area contributed by atoms with Gasteiger partial charge in [0.2, 0.25) is 0 Å². The summed E-state index contributed by atoms with van der Waals surface area (Å²) >= 11 is 0. The summed E-state index contributed by atoms with van der Waals surface area (Å²) in [5.41, 5.74) is 0.0292. The smallest absolute Gasteiger partial charge is 0.182 e. The van der Waals surface area contributed by atoms with E-state index in [9.17, 15) is 13.2 Å². The van der Waals surface area contributed by atoms with E-state index in [1.807, 2.05) is 6.92 Å². The van der Waals surface area contributed by atoms with Crippen LogP contribution in [0.4, 0.5) is 18.9 Å². The molecule has 112 valence electrons. The van der Waals surface area contributed by atoms with Gasteiger partial charge in [0.15, 0.2) is 11.6 Å². The maximum atomic E-state index is 14.0. The number of piperazine rings is 1. The van der Waals surface area contributed by atoms with Crippen LogP contribution in [0.3, 0.4) is 0 Å². The zero-order valence-corrected chi connectivity index (χ0v) is 12.1. The second-order valence-electron chi connectivity index (χ2n) is 5.69. The van der Waals surface area contributed by atoms with E-state index in [2.05, 4.69) is 19.2 Å². The summed E-state index contributed by atoms with van der Waals surface area (Å²) in [4.78, 5) is 1.79. The number of anilines is 1. The van der Waals surface area contributed by atoms with Crippen LogP contribution in [0.15, 0.2) is 12.1 Å². The summed E-state index contributed by atoms with van der Waals surface area (Å²) in [5.74, 6) is -2.46. The van der Waals surface area contributed by atoms with Crippen molar-refractivity contribution in [2.45, 2.75) is 39.3 Å². The molecule has 0 aliphatic carbocycles. The summed E-state index contributed by atoms with van der Waals surface area (Å²) in [6.07, 6.45) is 0.787. The highest BCUT2D eigenvalue weighted by Crippen LogP contribution is 2.28. The van der Waals surface area contributed by atoms with Crippen molar-refractivity contribution < 1.29 is 13.2 Å². The molecule has 0 saturated carbocycles. The molecule has 0 spiro atoms. The van der Waals surface area contributed by atoms with Crippen LogP contribution in [0.5, 0.6) is 0 Å². The summed E-state index contributed by atoms with van der Waals surface area (Å²) in [6.45, 7) is 7.38. The molecular formula is C15H21F3N2. The van der Waals surface area contributed by atoms with Gasteiger partial charge in [-0.15, -0.1) is 0 Å². The Morgan fingerprint density at radius 3 is 2.60 bits per heavy atom. The molecule has 0 amide bonds. The van der Waals surface area contributed by atoms with Crippen LogP contribution in [-0.4, -0.2) is 25.2 Å². The van der Waals surface area contributed by atoms with Crippen molar-refractivity contribution in [3.8, 4) is 0 Å². The lowest BCUT2D eigenvalue weighted by atomic mass is 9.97. The van der Waals surface area contributed by atoms with Crippen molar-refractivity contribution in [1.29, 1.82) is 0 Å². The van der Waals surface area contributed by atoms with Gasteiger partial charge in [0.1, 0.15) is 5.82 Å². The molecular weight excluding hydrogens is 265 g/mol. The van der Waals surface area contributed by atoms with Crippen LogP contribution in [0, 0.1) is 23.4 Å². The number of nitrogens with zero attached hydrogens (tertiary/aromatic N) is 1. The maximum absolute atomic E-state index is 14.0. The van der Waals surface area contributed by atoms with E-state index in [4.69, 9.17) is 0 Å². The minimum absolute atomic E-state index is 0.0292. The summed E-state index contributed by atoms with van der Waals surface area (Å²) < 4.78 is 40.8. The Bertz CT molecular complexity index is 476. The first kappa shape index (κ1) is 15.2. The molecule has 2 unspecified atom stereocenters. The maximum Gasteiger partial charge on any atom is 0.182 e. The van der Waals surface area contributed by atoms with Crippen molar-refractivity contribution in [3.05, 3.63) is 29.6 Å². The molecule has 1 aliphatic heterocycles. The van der Waals surface area contributed by atoms with Crippen LogP contribution in [0.25, 0.3) is 0 Å². The van der Waals surface area contributed by atoms with E-state index in [1.54, 1.807) is 4.90 Å². The van der Waals surface area contributed by atoms with E-state index in [-0.39, 0.29) is 17.8 Å². The summed E-state index contributed by atoms with van der Waals surface area (Å²) in [6, 6.07) is 1.90. The Hall–Kier alpha value is -1.23. The van der Waals surface area contributed by atoms with Gasteiger partial charge in [0.05, 0.1) is 5.69 Å². The molecule has 1 saturated heterocycles. The van der Waals surface area contributed by atoms with Gasteiger partial charge in [-0.2, -0.15) is 0 Å². The third-order valence-electron chi connectivity index (χ3n) is 4.01. The SMILES string of the molecule is CCC1CNC(C(C)C)CN1c1cc(F)cc(F)c1F. The molecule has 0 aromatic heterocycles. The average molecular weight is 286 g/mol. The fraction of sp³-hybridized carbons (Fsp3) is 0.600. The predicted octanol–water partition coefficient (Wildman–Crippen LogP) is 3.32. The molecule has 1 aliphatic rings. The van der Waals surface area contributed by atoms with Crippen molar-refractivity contribution in [2.75, 3.05) is 18.0 Å².